The van der Waals surface area contributed by atoms with Gasteiger partial charge in [0.15, 0.2) is 0 Å². The van der Waals surface area contributed by atoms with Crippen LogP contribution in [-0.4, -0.2) is 23.4 Å². The fourth-order valence-electron chi connectivity index (χ4n) is 2.49. The van der Waals surface area contributed by atoms with Crippen molar-refractivity contribution in [3.63, 3.8) is 0 Å². The second-order valence-corrected chi connectivity index (χ2v) is 5.73. The van der Waals surface area contributed by atoms with E-state index in [2.05, 4.69) is 36.3 Å². The molecule has 0 spiro atoms. The molecular formula is C18H23N3O2. The normalized spacial score (nSPS) is 10.8. The highest BCUT2D eigenvalue weighted by Crippen LogP contribution is 2.28. The molecule has 0 amide bonds. The Morgan fingerprint density at radius 2 is 1.87 bits per heavy atom. The highest BCUT2D eigenvalue weighted by atomic mass is 16.6. The lowest BCUT2D eigenvalue weighted by Gasteiger charge is -2.15. The van der Waals surface area contributed by atoms with E-state index >= 15 is 0 Å². The molecule has 0 aliphatic heterocycles. The highest BCUT2D eigenvalue weighted by molar-refractivity contribution is 5.66. The molecule has 2 aromatic carbocycles. The number of anilines is 1. The molecule has 0 radical (unpaired) electrons. The third-order valence-corrected chi connectivity index (χ3v) is 3.90. The molecular weight excluding hydrogens is 290 g/mol. The lowest BCUT2D eigenvalue weighted by atomic mass is 10.1. The maximum Gasteiger partial charge on any atom is 0.292 e. The Morgan fingerprint density at radius 3 is 2.57 bits per heavy atom. The SMILES string of the molecule is CCN(C)Cc1cccc(CNc2c(C)cccc2[N+](=O)[O-])c1. The van der Waals surface area contributed by atoms with E-state index in [1.165, 1.54) is 11.6 Å². The summed E-state index contributed by atoms with van der Waals surface area (Å²) in [5, 5.41) is 14.4. The van der Waals surface area contributed by atoms with Crippen molar-refractivity contribution in [2.45, 2.75) is 26.9 Å². The summed E-state index contributed by atoms with van der Waals surface area (Å²) in [5.74, 6) is 0. The zero-order valence-corrected chi connectivity index (χ0v) is 13.9. The monoisotopic (exact) mass is 313 g/mol. The van der Waals surface area contributed by atoms with E-state index in [-0.39, 0.29) is 10.6 Å². The maximum absolute atomic E-state index is 11.2. The van der Waals surface area contributed by atoms with Gasteiger partial charge < -0.3 is 10.2 Å². The minimum Gasteiger partial charge on any atom is -0.375 e. The molecule has 0 saturated heterocycles. The van der Waals surface area contributed by atoms with Crippen LogP contribution in [0.15, 0.2) is 42.5 Å². The summed E-state index contributed by atoms with van der Waals surface area (Å²) >= 11 is 0. The number of nitrogens with zero attached hydrogens (tertiary/aromatic N) is 2. The van der Waals surface area contributed by atoms with Crippen molar-refractivity contribution in [3.05, 3.63) is 69.3 Å². The van der Waals surface area contributed by atoms with Gasteiger partial charge in [-0.05, 0) is 37.2 Å². The first-order chi connectivity index (χ1) is 11.0. The van der Waals surface area contributed by atoms with Gasteiger partial charge in [-0.3, -0.25) is 10.1 Å². The summed E-state index contributed by atoms with van der Waals surface area (Å²) in [6.07, 6.45) is 0. The molecule has 122 valence electrons. The van der Waals surface area contributed by atoms with Crippen LogP contribution in [0.5, 0.6) is 0 Å². The fourth-order valence-corrected chi connectivity index (χ4v) is 2.49. The summed E-state index contributed by atoms with van der Waals surface area (Å²) in [5.41, 5.74) is 3.94. The van der Waals surface area contributed by atoms with Crippen LogP contribution in [-0.2, 0) is 13.1 Å². The lowest BCUT2D eigenvalue weighted by molar-refractivity contribution is -0.384. The molecule has 0 unspecified atom stereocenters. The summed E-state index contributed by atoms with van der Waals surface area (Å²) in [6.45, 7) is 6.47. The number of benzene rings is 2. The first-order valence-electron chi connectivity index (χ1n) is 7.75. The van der Waals surface area contributed by atoms with Gasteiger partial charge in [-0.15, -0.1) is 0 Å². The number of aryl methyl sites for hydroxylation is 1. The Morgan fingerprint density at radius 1 is 1.17 bits per heavy atom. The maximum atomic E-state index is 11.2. The molecule has 0 aliphatic carbocycles. The summed E-state index contributed by atoms with van der Waals surface area (Å²) < 4.78 is 0. The van der Waals surface area contributed by atoms with Crippen LogP contribution in [0.1, 0.15) is 23.6 Å². The van der Waals surface area contributed by atoms with Crippen LogP contribution in [0.4, 0.5) is 11.4 Å². The van der Waals surface area contributed by atoms with Gasteiger partial charge >= 0.3 is 0 Å². The van der Waals surface area contributed by atoms with Gasteiger partial charge in [0.25, 0.3) is 5.69 Å². The van der Waals surface area contributed by atoms with Crippen molar-refractivity contribution in [2.24, 2.45) is 0 Å². The zero-order valence-electron chi connectivity index (χ0n) is 13.9. The molecule has 5 nitrogen and oxygen atoms in total. The van der Waals surface area contributed by atoms with Crippen molar-refractivity contribution in [3.8, 4) is 0 Å². The molecule has 2 rings (SSSR count). The molecule has 0 aromatic heterocycles. The van der Waals surface area contributed by atoms with Crippen LogP contribution < -0.4 is 5.32 Å². The van der Waals surface area contributed by atoms with Crippen LogP contribution >= 0.6 is 0 Å². The molecule has 0 aliphatic rings. The quantitative estimate of drug-likeness (QED) is 0.621. The number of nitro groups is 1. The lowest BCUT2D eigenvalue weighted by Crippen LogP contribution is -2.16. The Kier molecular flexibility index (Phi) is 5.71. The molecule has 0 heterocycles. The van der Waals surface area contributed by atoms with Crippen LogP contribution in [0.3, 0.4) is 0 Å². The number of rotatable bonds is 7. The van der Waals surface area contributed by atoms with Crippen molar-refractivity contribution in [1.29, 1.82) is 0 Å². The summed E-state index contributed by atoms with van der Waals surface area (Å²) in [7, 11) is 2.08. The third kappa shape index (κ3) is 4.53. The van der Waals surface area contributed by atoms with E-state index in [9.17, 15) is 10.1 Å². The van der Waals surface area contributed by atoms with E-state index in [4.69, 9.17) is 0 Å². The van der Waals surface area contributed by atoms with Crippen molar-refractivity contribution in [2.75, 3.05) is 18.9 Å². The fraction of sp³-hybridized carbons (Fsp3) is 0.333. The predicted molar refractivity (Wildman–Crippen MR) is 93.6 cm³/mol. The summed E-state index contributed by atoms with van der Waals surface area (Å²) in [6, 6.07) is 13.4. The Labute approximate surface area is 137 Å². The largest absolute Gasteiger partial charge is 0.375 e. The van der Waals surface area contributed by atoms with Crippen molar-refractivity contribution in [1.82, 2.24) is 4.90 Å². The van der Waals surface area contributed by atoms with Crippen LogP contribution in [0, 0.1) is 17.0 Å². The molecule has 0 bridgehead atoms. The topological polar surface area (TPSA) is 58.4 Å². The van der Waals surface area contributed by atoms with Gasteiger partial charge in [0.1, 0.15) is 5.69 Å². The minimum atomic E-state index is -0.345. The van der Waals surface area contributed by atoms with E-state index < -0.39 is 0 Å². The minimum absolute atomic E-state index is 0.117. The zero-order chi connectivity index (χ0) is 16.8. The van der Waals surface area contributed by atoms with E-state index in [0.717, 1.165) is 24.2 Å². The Bertz CT molecular complexity index is 686. The van der Waals surface area contributed by atoms with Crippen LogP contribution in [0.2, 0.25) is 0 Å². The number of hydrogen-bond acceptors (Lipinski definition) is 4. The molecule has 0 saturated carbocycles. The number of para-hydroxylation sites is 1. The van der Waals surface area contributed by atoms with Crippen molar-refractivity contribution < 1.29 is 4.92 Å². The first kappa shape index (κ1) is 17.0. The molecule has 23 heavy (non-hydrogen) atoms. The van der Waals surface area contributed by atoms with Crippen LogP contribution in [0.25, 0.3) is 0 Å². The molecule has 1 N–H and O–H groups in total. The Hall–Kier alpha value is -2.40. The second-order valence-electron chi connectivity index (χ2n) is 5.73. The van der Waals surface area contributed by atoms with Crippen molar-refractivity contribution >= 4 is 11.4 Å². The van der Waals surface area contributed by atoms with Gasteiger partial charge in [-0.25, -0.2) is 0 Å². The first-order valence-corrected chi connectivity index (χ1v) is 7.75. The van der Waals surface area contributed by atoms with E-state index in [1.54, 1.807) is 6.07 Å². The second kappa shape index (κ2) is 7.74. The van der Waals surface area contributed by atoms with Gasteiger partial charge in [-0.2, -0.15) is 0 Å². The third-order valence-electron chi connectivity index (χ3n) is 3.90. The average molecular weight is 313 g/mol. The van der Waals surface area contributed by atoms with Gasteiger partial charge in [0.2, 0.25) is 0 Å². The smallest absolute Gasteiger partial charge is 0.292 e. The number of nitrogens with one attached hydrogen (secondary N) is 1. The standard InChI is InChI=1S/C18H23N3O2/c1-4-20(3)13-16-9-6-8-15(11-16)12-19-18-14(2)7-5-10-17(18)21(22)23/h5-11,19H,4,12-13H2,1-3H3. The predicted octanol–water partition coefficient (Wildman–Crippen LogP) is 3.97. The highest BCUT2D eigenvalue weighted by Gasteiger charge is 2.14. The average Bonchev–Trinajstić information content (AvgIpc) is 2.53. The number of nitro benzene ring substituents is 1. The molecule has 5 heteroatoms. The Balaban J connectivity index is 2.13. The van der Waals surface area contributed by atoms with Gasteiger partial charge in [-0.1, -0.05) is 43.3 Å². The molecule has 0 atom stereocenters. The molecule has 0 fully saturated rings. The van der Waals surface area contributed by atoms with E-state index in [1.807, 2.05) is 25.1 Å². The summed E-state index contributed by atoms with van der Waals surface area (Å²) in [4.78, 5) is 13.0. The van der Waals surface area contributed by atoms with Gasteiger partial charge in [0, 0.05) is 19.2 Å². The molecule has 2 aromatic rings. The number of hydrogen-bond donors (Lipinski definition) is 1. The van der Waals surface area contributed by atoms with E-state index in [0.29, 0.717) is 12.2 Å². The van der Waals surface area contributed by atoms with Gasteiger partial charge in [0.05, 0.1) is 4.92 Å².